The molecule has 1 rings (SSSR count). The zero-order valence-corrected chi connectivity index (χ0v) is 14.9. The van der Waals surface area contributed by atoms with Crippen molar-refractivity contribution >= 4 is 28.5 Å². The molecule has 0 heterocycles. The molecular weight excluding hydrogens is 381 g/mol. The molecule has 0 unspecified atom stereocenters. The Morgan fingerprint density at radius 3 is 2.48 bits per heavy atom. The second kappa shape index (κ2) is 10.7. The van der Waals surface area contributed by atoms with Crippen molar-refractivity contribution in [2.24, 2.45) is 0 Å². The average molecular weight is 405 g/mol. The molecular formula is C16H24INO3. The van der Waals surface area contributed by atoms with Crippen molar-refractivity contribution in [2.45, 2.75) is 32.1 Å². The molecule has 1 aromatic rings. The van der Waals surface area contributed by atoms with Crippen LogP contribution in [0.4, 0.5) is 0 Å². The second-order valence-electron chi connectivity index (χ2n) is 4.82. The van der Waals surface area contributed by atoms with Gasteiger partial charge in [-0.25, -0.2) is 0 Å². The van der Waals surface area contributed by atoms with E-state index in [4.69, 9.17) is 9.47 Å². The number of carbonyl (C=O) groups excluding carboxylic acids is 1. The molecule has 0 aliphatic heterocycles. The number of rotatable bonds is 10. The number of carbonyl (C=O) groups is 1. The smallest absolute Gasteiger partial charge is 0.224 e. The third-order valence-corrected chi connectivity index (χ3v) is 3.96. The van der Waals surface area contributed by atoms with Gasteiger partial charge < -0.3 is 14.8 Å². The number of ether oxygens (including phenoxy) is 2. The maximum atomic E-state index is 11.9. The van der Waals surface area contributed by atoms with E-state index in [1.165, 1.54) is 23.7 Å². The SMILES string of the molecule is COc1ccc(CC(=O)NCCCCCCI)cc1OC. The molecule has 0 aliphatic carbocycles. The Kier molecular flexibility index (Phi) is 9.21. The maximum absolute atomic E-state index is 11.9. The minimum Gasteiger partial charge on any atom is -0.493 e. The highest BCUT2D eigenvalue weighted by Gasteiger charge is 2.07. The highest BCUT2D eigenvalue weighted by atomic mass is 127. The van der Waals surface area contributed by atoms with Crippen LogP contribution in [0.15, 0.2) is 18.2 Å². The Labute approximate surface area is 140 Å². The number of benzene rings is 1. The fourth-order valence-corrected chi connectivity index (χ4v) is 2.58. The Balaban J connectivity index is 2.34. The number of hydrogen-bond acceptors (Lipinski definition) is 3. The van der Waals surface area contributed by atoms with Gasteiger partial charge in [0.15, 0.2) is 11.5 Å². The third-order valence-electron chi connectivity index (χ3n) is 3.20. The number of nitrogens with one attached hydrogen (secondary N) is 1. The first-order valence-corrected chi connectivity index (χ1v) is 8.77. The van der Waals surface area contributed by atoms with Gasteiger partial charge in [-0.3, -0.25) is 4.79 Å². The summed E-state index contributed by atoms with van der Waals surface area (Å²) < 4.78 is 11.6. The molecule has 0 aliphatic rings. The van der Waals surface area contributed by atoms with Gasteiger partial charge in [-0.05, 0) is 35.0 Å². The van der Waals surface area contributed by atoms with E-state index in [1.54, 1.807) is 14.2 Å². The fraction of sp³-hybridized carbons (Fsp3) is 0.562. The third kappa shape index (κ3) is 7.02. The van der Waals surface area contributed by atoms with Crippen molar-refractivity contribution in [2.75, 3.05) is 25.2 Å². The van der Waals surface area contributed by atoms with Crippen LogP contribution in [0.25, 0.3) is 0 Å². The van der Waals surface area contributed by atoms with Gasteiger partial charge in [0.1, 0.15) is 0 Å². The van der Waals surface area contributed by atoms with E-state index in [1.807, 2.05) is 18.2 Å². The largest absolute Gasteiger partial charge is 0.493 e. The molecule has 0 atom stereocenters. The molecule has 0 aromatic heterocycles. The number of amides is 1. The first-order valence-electron chi connectivity index (χ1n) is 7.24. The van der Waals surface area contributed by atoms with Gasteiger partial charge in [0.2, 0.25) is 5.91 Å². The molecule has 118 valence electrons. The second-order valence-corrected chi connectivity index (χ2v) is 5.90. The fourth-order valence-electron chi connectivity index (χ4n) is 2.04. The van der Waals surface area contributed by atoms with Gasteiger partial charge in [0.25, 0.3) is 0 Å². The van der Waals surface area contributed by atoms with E-state index in [0.717, 1.165) is 18.5 Å². The highest BCUT2D eigenvalue weighted by Crippen LogP contribution is 2.27. The van der Waals surface area contributed by atoms with Crippen molar-refractivity contribution in [1.82, 2.24) is 5.32 Å². The summed E-state index contributed by atoms with van der Waals surface area (Å²) in [5.41, 5.74) is 0.926. The van der Waals surface area contributed by atoms with Gasteiger partial charge in [0.05, 0.1) is 20.6 Å². The van der Waals surface area contributed by atoms with E-state index in [0.29, 0.717) is 17.9 Å². The lowest BCUT2D eigenvalue weighted by Gasteiger charge is -2.10. The summed E-state index contributed by atoms with van der Waals surface area (Å²) in [6, 6.07) is 5.56. The van der Waals surface area contributed by atoms with E-state index in [2.05, 4.69) is 27.9 Å². The molecule has 0 saturated heterocycles. The number of hydrogen-bond donors (Lipinski definition) is 1. The van der Waals surface area contributed by atoms with Crippen LogP contribution in [0.5, 0.6) is 11.5 Å². The predicted molar refractivity (Wildman–Crippen MR) is 93.6 cm³/mol. The van der Waals surface area contributed by atoms with Crippen LogP contribution in [-0.2, 0) is 11.2 Å². The number of methoxy groups -OCH3 is 2. The molecule has 1 N–H and O–H groups in total. The predicted octanol–water partition coefficient (Wildman–Crippen LogP) is 3.36. The van der Waals surface area contributed by atoms with Gasteiger partial charge >= 0.3 is 0 Å². The summed E-state index contributed by atoms with van der Waals surface area (Å²) in [7, 11) is 3.19. The highest BCUT2D eigenvalue weighted by molar-refractivity contribution is 14.1. The molecule has 0 radical (unpaired) electrons. The molecule has 0 spiro atoms. The lowest BCUT2D eigenvalue weighted by molar-refractivity contribution is -0.120. The first-order chi connectivity index (χ1) is 10.2. The van der Waals surface area contributed by atoms with E-state index < -0.39 is 0 Å². The Bertz CT molecular complexity index is 438. The molecule has 0 saturated carbocycles. The number of unbranched alkanes of at least 4 members (excludes halogenated alkanes) is 3. The number of halogens is 1. The maximum Gasteiger partial charge on any atom is 0.224 e. The summed E-state index contributed by atoms with van der Waals surface area (Å²) in [6.07, 6.45) is 5.11. The minimum atomic E-state index is 0.0520. The molecule has 0 bridgehead atoms. The topological polar surface area (TPSA) is 47.6 Å². The molecule has 1 amide bonds. The van der Waals surface area contributed by atoms with E-state index in [-0.39, 0.29) is 5.91 Å². The van der Waals surface area contributed by atoms with E-state index in [9.17, 15) is 4.79 Å². The Hall–Kier alpha value is -0.980. The van der Waals surface area contributed by atoms with Crippen molar-refractivity contribution in [1.29, 1.82) is 0 Å². The van der Waals surface area contributed by atoms with Crippen LogP contribution in [0.3, 0.4) is 0 Å². The van der Waals surface area contributed by atoms with Crippen molar-refractivity contribution in [3.05, 3.63) is 23.8 Å². The molecule has 1 aromatic carbocycles. The average Bonchev–Trinajstić information content (AvgIpc) is 2.50. The zero-order valence-electron chi connectivity index (χ0n) is 12.8. The summed E-state index contributed by atoms with van der Waals surface area (Å²) in [6.45, 7) is 0.757. The minimum absolute atomic E-state index is 0.0520. The van der Waals surface area contributed by atoms with Gasteiger partial charge in [-0.2, -0.15) is 0 Å². The monoisotopic (exact) mass is 405 g/mol. The summed E-state index contributed by atoms with van der Waals surface area (Å²) in [4.78, 5) is 11.9. The lowest BCUT2D eigenvalue weighted by Crippen LogP contribution is -2.26. The molecule has 5 heteroatoms. The van der Waals surface area contributed by atoms with Crippen LogP contribution in [-0.4, -0.2) is 31.1 Å². The molecule has 21 heavy (non-hydrogen) atoms. The first kappa shape index (κ1) is 18.1. The zero-order chi connectivity index (χ0) is 15.5. The van der Waals surface area contributed by atoms with Gasteiger partial charge in [0, 0.05) is 6.54 Å². The van der Waals surface area contributed by atoms with Crippen molar-refractivity contribution in [3.8, 4) is 11.5 Å². The van der Waals surface area contributed by atoms with Gasteiger partial charge in [-0.1, -0.05) is 41.5 Å². The number of alkyl halides is 1. The van der Waals surface area contributed by atoms with Crippen LogP contribution < -0.4 is 14.8 Å². The van der Waals surface area contributed by atoms with Gasteiger partial charge in [-0.15, -0.1) is 0 Å². The normalized spacial score (nSPS) is 10.2. The lowest BCUT2D eigenvalue weighted by atomic mass is 10.1. The van der Waals surface area contributed by atoms with Crippen LogP contribution in [0.2, 0.25) is 0 Å². The summed E-state index contributed by atoms with van der Waals surface area (Å²) in [5, 5.41) is 2.96. The quantitative estimate of drug-likeness (QED) is 0.369. The van der Waals surface area contributed by atoms with Crippen LogP contribution in [0.1, 0.15) is 31.2 Å². The van der Waals surface area contributed by atoms with E-state index >= 15 is 0 Å². The Morgan fingerprint density at radius 2 is 1.81 bits per heavy atom. The summed E-state index contributed by atoms with van der Waals surface area (Å²) in [5.74, 6) is 1.38. The standard InChI is InChI=1S/C16H24INO3/c1-20-14-8-7-13(11-15(14)21-2)12-16(19)18-10-6-4-3-5-9-17/h7-8,11H,3-6,9-10,12H2,1-2H3,(H,18,19). The summed E-state index contributed by atoms with van der Waals surface area (Å²) >= 11 is 2.39. The molecule has 4 nitrogen and oxygen atoms in total. The van der Waals surface area contributed by atoms with Crippen molar-refractivity contribution < 1.29 is 14.3 Å². The van der Waals surface area contributed by atoms with Crippen molar-refractivity contribution in [3.63, 3.8) is 0 Å². The molecule has 0 fully saturated rings. The van der Waals surface area contributed by atoms with Crippen LogP contribution in [0, 0.1) is 0 Å². The van der Waals surface area contributed by atoms with Crippen LogP contribution >= 0.6 is 22.6 Å². The Morgan fingerprint density at radius 1 is 1.10 bits per heavy atom.